The molecule has 2 heterocycles. The smallest absolute Gasteiger partial charge is 0.126 e. The van der Waals surface area contributed by atoms with Crippen LogP contribution in [0.25, 0.3) is 10.9 Å². The Morgan fingerprint density at radius 2 is 2.22 bits per heavy atom. The molecule has 0 amide bonds. The van der Waals surface area contributed by atoms with Gasteiger partial charge in [-0.25, -0.2) is 4.98 Å². The van der Waals surface area contributed by atoms with Crippen molar-refractivity contribution in [1.29, 1.82) is 0 Å². The summed E-state index contributed by atoms with van der Waals surface area (Å²) in [5.41, 5.74) is 7.48. The van der Waals surface area contributed by atoms with Gasteiger partial charge in [0.1, 0.15) is 5.82 Å². The van der Waals surface area contributed by atoms with Crippen molar-refractivity contribution in [2.75, 3.05) is 24.3 Å². The van der Waals surface area contributed by atoms with Gasteiger partial charge in [-0.1, -0.05) is 0 Å². The second-order valence-electron chi connectivity index (χ2n) is 4.71. The molecule has 3 rings (SSSR count). The summed E-state index contributed by atoms with van der Waals surface area (Å²) < 4.78 is 5.45. The number of rotatable bonds is 2. The van der Waals surface area contributed by atoms with Gasteiger partial charge < -0.3 is 15.8 Å². The van der Waals surface area contributed by atoms with Crippen LogP contribution >= 0.6 is 0 Å². The van der Waals surface area contributed by atoms with Crippen LogP contribution in [0, 0.1) is 0 Å². The quantitative estimate of drug-likeness (QED) is 0.795. The van der Waals surface area contributed by atoms with E-state index < -0.39 is 0 Å². The minimum atomic E-state index is 0.373. The highest BCUT2D eigenvalue weighted by Crippen LogP contribution is 2.19. The number of nitrogens with two attached hydrogens (primary N) is 1. The zero-order valence-corrected chi connectivity index (χ0v) is 10.2. The molecule has 1 aliphatic rings. The van der Waals surface area contributed by atoms with E-state index in [1.807, 2.05) is 30.3 Å². The topological polar surface area (TPSA) is 60.2 Å². The van der Waals surface area contributed by atoms with Crippen LogP contribution in [-0.4, -0.2) is 24.2 Å². The number of hydrogen-bond acceptors (Lipinski definition) is 4. The van der Waals surface area contributed by atoms with E-state index in [0.717, 1.165) is 48.5 Å². The van der Waals surface area contributed by atoms with E-state index in [4.69, 9.17) is 10.5 Å². The minimum absolute atomic E-state index is 0.373. The van der Waals surface area contributed by atoms with E-state index in [0.29, 0.717) is 6.04 Å². The lowest BCUT2D eigenvalue weighted by molar-refractivity contribution is 0.0875. The molecule has 0 bridgehead atoms. The molecule has 1 saturated heterocycles. The van der Waals surface area contributed by atoms with Gasteiger partial charge >= 0.3 is 0 Å². The molecule has 1 aromatic heterocycles. The van der Waals surface area contributed by atoms with Gasteiger partial charge in [0.2, 0.25) is 0 Å². The Balaban J connectivity index is 1.82. The molecule has 1 unspecified atom stereocenters. The lowest BCUT2D eigenvalue weighted by Gasteiger charge is -2.23. The van der Waals surface area contributed by atoms with Crippen molar-refractivity contribution >= 4 is 22.4 Å². The van der Waals surface area contributed by atoms with Gasteiger partial charge in [-0.15, -0.1) is 0 Å². The summed E-state index contributed by atoms with van der Waals surface area (Å²) in [6.07, 6.45) is 2.25. The van der Waals surface area contributed by atoms with Crippen molar-refractivity contribution in [1.82, 2.24) is 4.98 Å². The summed E-state index contributed by atoms with van der Waals surface area (Å²) in [6.45, 7) is 1.64. The number of aromatic nitrogens is 1. The van der Waals surface area contributed by atoms with E-state index >= 15 is 0 Å². The summed E-state index contributed by atoms with van der Waals surface area (Å²) in [6, 6.07) is 10.2. The highest BCUT2D eigenvalue weighted by molar-refractivity contribution is 5.83. The fraction of sp³-hybridized carbons (Fsp3) is 0.357. The predicted octanol–water partition coefficient (Wildman–Crippen LogP) is 2.41. The highest BCUT2D eigenvalue weighted by Gasteiger charge is 2.13. The maximum absolute atomic E-state index is 5.75. The second kappa shape index (κ2) is 4.82. The second-order valence-corrected chi connectivity index (χ2v) is 4.71. The molecule has 94 valence electrons. The molecule has 18 heavy (non-hydrogen) atoms. The van der Waals surface area contributed by atoms with E-state index in [1.165, 1.54) is 0 Å². The predicted molar refractivity (Wildman–Crippen MR) is 73.6 cm³/mol. The fourth-order valence-electron chi connectivity index (χ4n) is 2.29. The first-order valence-electron chi connectivity index (χ1n) is 6.32. The normalized spacial score (nSPS) is 19.9. The Bertz CT molecular complexity index is 550. The maximum atomic E-state index is 5.75. The Hall–Kier alpha value is -1.81. The Labute approximate surface area is 106 Å². The van der Waals surface area contributed by atoms with Gasteiger partial charge in [-0.3, -0.25) is 0 Å². The number of anilines is 2. The van der Waals surface area contributed by atoms with Crippen molar-refractivity contribution in [3.63, 3.8) is 0 Å². The molecule has 4 heteroatoms. The lowest BCUT2D eigenvalue weighted by atomic mass is 10.1. The Morgan fingerprint density at radius 1 is 1.28 bits per heavy atom. The summed E-state index contributed by atoms with van der Waals surface area (Å²) in [7, 11) is 0. The SMILES string of the molecule is Nc1ccc2nc(NC3CCCOC3)ccc2c1. The average Bonchev–Trinajstić information content (AvgIpc) is 2.40. The Kier molecular flexibility index (Phi) is 3.02. The molecule has 0 aliphatic carbocycles. The van der Waals surface area contributed by atoms with Gasteiger partial charge in [0.05, 0.1) is 18.2 Å². The van der Waals surface area contributed by atoms with Crippen molar-refractivity contribution < 1.29 is 4.74 Å². The number of nitrogens with zero attached hydrogens (tertiary/aromatic N) is 1. The van der Waals surface area contributed by atoms with Crippen LogP contribution in [0.1, 0.15) is 12.8 Å². The zero-order chi connectivity index (χ0) is 12.4. The first-order chi connectivity index (χ1) is 8.81. The van der Waals surface area contributed by atoms with E-state index in [9.17, 15) is 0 Å². The van der Waals surface area contributed by atoms with Crippen LogP contribution < -0.4 is 11.1 Å². The minimum Gasteiger partial charge on any atom is -0.399 e. The molecule has 1 aromatic carbocycles. The molecule has 1 aliphatic heterocycles. The third-order valence-electron chi connectivity index (χ3n) is 3.23. The van der Waals surface area contributed by atoms with E-state index in [1.54, 1.807) is 0 Å². The average molecular weight is 243 g/mol. The molecule has 0 radical (unpaired) electrons. The zero-order valence-electron chi connectivity index (χ0n) is 10.2. The van der Waals surface area contributed by atoms with Gasteiger partial charge in [0.15, 0.2) is 0 Å². The van der Waals surface area contributed by atoms with E-state index in [2.05, 4.69) is 10.3 Å². The molecular formula is C14H17N3O. The van der Waals surface area contributed by atoms with Gasteiger partial charge in [-0.05, 0) is 43.2 Å². The molecule has 1 atom stereocenters. The number of ether oxygens (including phenoxy) is 1. The van der Waals surface area contributed by atoms with Crippen molar-refractivity contribution in [3.8, 4) is 0 Å². The van der Waals surface area contributed by atoms with Gasteiger partial charge in [0, 0.05) is 17.7 Å². The summed E-state index contributed by atoms with van der Waals surface area (Å²) in [4.78, 5) is 4.59. The monoisotopic (exact) mass is 243 g/mol. The molecular weight excluding hydrogens is 226 g/mol. The summed E-state index contributed by atoms with van der Waals surface area (Å²) in [5.74, 6) is 0.905. The Morgan fingerprint density at radius 3 is 3.06 bits per heavy atom. The van der Waals surface area contributed by atoms with E-state index in [-0.39, 0.29) is 0 Å². The fourth-order valence-corrected chi connectivity index (χ4v) is 2.29. The lowest BCUT2D eigenvalue weighted by Crippen LogP contribution is -2.30. The summed E-state index contributed by atoms with van der Waals surface area (Å²) in [5, 5.41) is 4.49. The third kappa shape index (κ3) is 2.38. The van der Waals surface area contributed by atoms with Gasteiger partial charge in [0.25, 0.3) is 0 Å². The van der Waals surface area contributed by atoms with Crippen LogP contribution in [-0.2, 0) is 4.74 Å². The molecule has 3 N–H and O–H groups in total. The van der Waals surface area contributed by atoms with Crippen LogP contribution in [0.3, 0.4) is 0 Å². The molecule has 4 nitrogen and oxygen atoms in total. The number of hydrogen-bond donors (Lipinski definition) is 2. The van der Waals surface area contributed by atoms with Crippen molar-refractivity contribution in [2.45, 2.75) is 18.9 Å². The maximum Gasteiger partial charge on any atom is 0.126 e. The number of pyridine rings is 1. The molecule has 2 aromatic rings. The van der Waals surface area contributed by atoms with Crippen molar-refractivity contribution in [3.05, 3.63) is 30.3 Å². The largest absolute Gasteiger partial charge is 0.399 e. The highest BCUT2D eigenvalue weighted by atomic mass is 16.5. The molecule has 0 saturated carbocycles. The number of fused-ring (bicyclic) bond motifs is 1. The molecule has 1 fully saturated rings. The molecule has 0 spiro atoms. The van der Waals surface area contributed by atoms with Crippen LogP contribution in [0.2, 0.25) is 0 Å². The van der Waals surface area contributed by atoms with Crippen LogP contribution in [0.4, 0.5) is 11.5 Å². The first-order valence-corrected chi connectivity index (χ1v) is 6.32. The third-order valence-corrected chi connectivity index (χ3v) is 3.23. The first kappa shape index (κ1) is 11.3. The number of benzene rings is 1. The summed E-state index contributed by atoms with van der Waals surface area (Å²) >= 11 is 0. The van der Waals surface area contributed by atoms with Crippen LogP contribution in [0.5, 0.6) is 0 Å². The van der Waals surface area contributed by atoms with Crippen molar-refractivity contribution in [2.24, 2.45) is 0 Å². The number of nitrogen functional groups attached to an aromatic ring is 1. The standard InChI is InChI=1S/C14H17N3O/c15-11-4-5-13-10(8-11)3-6-14(17-13)16-12-2-1-7-18-9-12/h3-6,8,12H,1-2,7,9,15H2,(H,16,17). The van der Waals surface area contributed by atoms with Crippen LogP contribution in [0.15, 0.2) is 30.3 Å². The number of nitrogens with one attached hydrogen (secondary N) is 1. The van der Waals surface area contributed by atoms with Gasteiger partial charge in [-0.2, -0.15) is 0 Å².